The summed E-state index contributed by atoms with van der Waals surface area (Å²) in [5.41, 5.74) is 7.80. The van der Waals surface area contributed by atoms with Crippen molar-refractivity contribution in [3.8, 4) is 0 Å². The number of hydrogen-bond donors (Lipinski definition) is 3. The summed E-state index contributed by atoms with van der Waals surface area (Å²) in [4.78, 5) is 23.6. The number of nitrogens with one attached hydrogen (secondary N) is 2. The molecule has 1 heterocycles. The molecule has 7 nitrogen and oxygen atoms in total. The third-order valence-electron chi connectivity index (χ3n) is 3.37. The smallest absolute Gasteiger partial charge is 0.248 e. The first-order valence-corrected chi connectivity index (χ1v) is 6.79. The van der Waals surface area contributed by atoms with E-state index in [-0.39, 0.29) is 18.3 Å². The normalized spacial score (nSPS) is 11.4. The molecule has 1 aromatic heterocycles. The molecular formula is C15H20ClN5O2. The van der Waals surface area contributed by atoms with Gasteiger partial charge in [-0.15, -0.1) is 12.4 Å². The fourth-order valence-electron chi connectivity index (χ4n) is 2.27. The van der Waals surface area contributed by atoms with Gasteiger partial charge < -0.3 is 16.4 Å². The molecule has 124 valence electrons. The highest BCUT2D eigenvalue weighted by Gasteiger charge is 2.20. The highest BCUT2D eigenvalue weighted by molar-refractivity contribution is 5.97. The monoisotopic (exact) mass is 337 g/mol. The van der Waals surface area contributed by atoms with Crippen LogP contribution >= 0.6 is 12.4 Å². The minimum atomic E-state index is -0.509. The summed E-state index contributed by atoms with van der Waals surface area (Å²) in [6.07, 6.45) is 3.42. The van der Waals surface area contributed by atoms with Crippen LogP contribution in [0, 0.1) is 6.92 Å². The van der Waals surface area contributed by atoms with Crippen LogP contribution < -0.4 is 16.4 Å². The number of halogens is 1. The molecule has 2 amide bonds. The Morgan fingerprint density at radius 1 is 1.35 bits per heavy atom. The van der Waals surface area contributed by atoms with Gasteiger partial charge in [-0.05, 0) is 37.7 Å². The number of nitrogens with zero attached hydrogens (tertiary/aromatic N) is 2. The Morgan fingerprint density at radius 3 is 2.52 bits per heavy atom. The van der Waals surface area contributed by atoms with E-state index < -0.39 is 11.9 Å². The van der Waals surface area contributed by atoms with E-state index >= 15 is 0 Å². The molecule has 0 aliphatic heterocycles. The minimum absolute atomic E-state index is 0. The first-order valence-electron chi connectivity index (χ1n) is 6.79. The zero-order valence-corrected chi connectivity index (χ0v) is 14.0. The number of amides is 2. The van der Waals surface area contributed by atoms with Crippen LogP contribution in [0.15, 0.2) is 30.6 Å². The predicted molar refractivity (Wildman–Crippen MR) is 90.6 cm³/mol. The third-order valence-corrected chi connectivity index (χ3v) is 3.37. The van der Waals surface area contributed by atoms with Gasteiger partial charge in [-0.3, -0.25) is 14.3 Å². The van der Waals surface area contributed by atoms with E-state index in [1.54, 1.807) is 56.3 Å². The summed E-state index contributed by atoms with van der Waals surface area (Å²) in [5.74, 6) is -0.694. The van der Waals surface area contributed by atoms with Gasteiger partial charge in [-0.1, -0.05) is 0 Å². The van der Waals surface area contributed by atoms with Crippen LogP contribution in [0.2, 0.25) is 0 Å². The summed E-state index contributed by atoms with van der Waals surface area (Å²) < 4.78 is 1.64. The van der Waals surface area contributed by atoms with Crippen LogP contribution in [0.4, 0.5) is 5.69 Å². The Hall–Kier alpha value is -2.38. The van der Waals surface area contributed by atoms with Crippen LogP contribution in [-0.4, -0.2) is 28.6 Å². The van der Waals surface area contributed by atoms with Crippen LogP contribution in [0.25, 0.3) is 0 Å². The number of aryl methyl sites for hydroxylation is 2. The fraction of sp³-hybridized carbons (Fsp3) is 0.267. The maximum absolute atomic E-state index is 12.4. The Bertz CT molecular complexity index is 714. The summed E-state index contributed by atoms with van der Waals surface area (Å²) in [6.45, 7) is 1.77. The van der Waals surface area contributed by atoms with E-state index in [1.165, 1.54) is 0 Å². The molecule has 0 aliphatic carbocycles. The molecule has 4 N–H and O–H groups in total. The summed E-state index contributed by atoms with van der Waals surface area (Å²) in [5, 5.41) is 9.84. The van der Waals surface area contributed by atoms with Crippen LogP contribution in [0.3, 0.4) is 0 Å². The van der Waals surface area contributed by atoms with Gasteiger partial charge in [0, 0.05) is 30.1 Å². The molecule has 0 aliphatic rings. The lowest BCUT2D eigenvalue weighted by Gasteiger charge is -2.15. The molecule has 2 rings (SSSR count). The number of benzene rings is 1. The van der Waals surface area contributed by atoms with Gasteiger partial charge in [0.2, 0.25) is 11.8 Å². The van der Waals surface area contributed by atoms with Gasteiger partial charge in [0.05, 0.1) is 6.20 Å². The van der Waals surface area contributed by atoms with E-state index in [2.05, 4.69) is 15.7 Å². The molecule has 1 atom stereocenters. The maximum Gasteiger partial charge on any atom is 0.248 e. The minimum Gasteiger partial charge on any atom is -0.366 e. The average Bonchev–Trinajstić information content (AvgIpc) is 2.85. The molecule has 0 bridgehead atoms. The Labute approximate surface area is 140 Å². The van der Waals surface area contributed by atoms with E-state index in [1.807, 2.05) is 0 Å². The number of rotatable bonds is 5. The Balaban J connectivity index is 0.00000264. The first kappa shape index (κ1) is 18.7. The highest BCUT2D eigenvalue weighted by atomic mass is 35.5. The van der Waals surface area contributed by atoms with Crippen molar-refractivity contribution in [2.75, 3.05) is 12.4 Å². The second kappa shape index (κ2) is 7.75. The maximum atomic E-state index is 12.4. The number of carbonyl (C=O) groups excluding carboxylic acids is 2. The quantitative estimate of drug-likeness (QED) is 0.761. The van der Waals surface area contributed by atoms with Crippen molar-refractivity contribution < 1.29 is 9.59 Å². The summed E-state index contributed by atoms with van der Waals surface area (Å²) in [7, 11) is 3.50. The van der Waals surface area contributed by atoms with E-state index in [0.717, 1.165) is 5.56 Å². The second-order valence-corrected chi connectivity index (χ2v) is 5.05. The lowest BCUT2D eigenvalue weighted by molar-refractivity contribution is -0.118. The molecule has 0 spiro atoms. The molecule has 2 aromatic rings. The third kappa shape index (κ3) is 4.30. The summed E-state index contributed by atoms with van der Waals surface area (Å²) in [6, 6.07) is 4.46. The standard InChI is InChI=1S/C15H19N5O2.ClH/c1-9-6-11(4-5-12(9)14(16)21)19-15(22)13(17-2)10-7-18-20(3)8-10;/h4-8,13,17H,1-3H3,(H2,16,21)(H,19,22);1H. The molecule has 23 heavy (non-hydrogen) atoms. The van der Waals surface area contributed by atoms with Crippen molar-refractivity contribution >= 4 is 29.9 Å². The Morgan fingerprint density at radius 2 is 2.04 bits per heavy atom. The largest absolute Gasteiger partial charge is 0.366 e. The van der Waals surface area contributed by atoms with Crippen LogP contribution in [-0.2, 0) is 11.8 Å². The van der Waals surface area contributed by atoms with Gasteiger partial charge in [-0.2, -0.15) is 5.10 Å². The molecule has 0 radical (unpaired) electrons. The number of anilines is 1. The van der Waals surface area contributed by atoms with Crippen molar-refractivity contribution in [2.24, 2.45) is 12.8 Å². The number of hydrogen-bond acceptors (Lipinski definition) is 4. The SMILES string of the molecule is CNC(C(=O)Nc1ccc(C(N)=O)c(C)c1)c1cnn(C)c1.Cl. The van der Waals surface area contributed by atoms with Gasteiger partial charge >= 0.3 is 0 Å². The topological polar surface area (TPSA) is 102 Å². The molecule has 0 saturated carbocycles. The second-order valence-electron chi connectivity index (χ2n) is 5.05. The van der Waals surface area contributed by atoms with Crippen LogP contribution in [0.5, 0.6) is 0 Å². The summed E-state index contributed by atoms with van der Waals surface area (Å²) >= 11 is 0. The van der Waals surface area contributed by atoms with Crippen molar-refractivity contribution in [2.45, 2.75) is 13.0 Å². The van der Waals surface area contributed by atoms with Gasteiger partial charge in [-0.25, -0.2) is 0 Å². The molecule has 0 saturated heterocycles. The Kier molecular flexibility index (Phi) is 6.29. The van der Waals surface area contributed by atoms with Gasteiger partial charge in [0.1, 0.15) is 6.04 Å². The lowest BCUT2D eigenvalue weighted by Crippen LogP contribution is -2.30. The fourth-order valence-corrected chi connectivity index (χ4v) is 2.27. The lowest BCUT2D eigenvalue weighted by atomic mass is 10.1. The molecule has 8 heteroatoms. The molecule has 1 aromatic carbocycles. The van der Waals surface area contributed by atoms with E-state index in [0.29, 0.717) is 16.8 Å². The van der Waals surface area contributed by atoms with Crippen molar-refractivity contribution in [3.05, 3.63) is 47.3 Å². The number of primary amides is 1. The van der Waals surface area contributed by atoms with Crippen molar-refractivity contribution in [1.29, 1.82) is 0 Å². The number of nitrogens with two attached hydrogens (primary N) is 1. The van der Waals surface area contributed by atoms with E-state index in [4.69, 9.17) is 5.73 Å². The zero-order valence-electron chi connectivity index (χ0n) is 13.2. The van der Waals surface area contributed by atoms with Crippen molar-refractivity contribution in [1.82, 2.24) is 15.1 Å². The number of carbonyl (C=O) groups is 2. The first-order chi connectivity index (χ1) is 10.4. The van der Waals surface area contributed by atoms with E-state index in [9.17, 15) is 9.59 Å². The number of likely N-dealkylation sites (N-methyl/N-ethyl adjacent to an activating group) is 1. The molecular weight excluding hydrogens is 318 g/mol. The van der Waals surface area contributed by atoms with Crippen LogP contribution in [0.1, 0.15) is 27.5 Å². The van der Waals surface area contributed by atoms with Gasteiger partial charge in [0.15, 0.2) is 0 Å². The predicted octanol–water partition coefficient (Wildman–Crippen LogP) is 1.15. The highest BCUT2D eigenvalue weighted by Crippen LogP contribution is 2.18. The zero-order chi connectivity index (χ0) is 16.3. The average molecular weight is 338 g/mol. The molecule has 1 unspecified atom stereocenters. The molecule has 0 fully saturated rings. The van der Waals surface area contributed by atoms with Crippen molar-refractivity contribution in [3.63, 3.8) is 0 Å². The number of aromatic nitrogens is 2. The van der Waals surface area contributed by atoms with Gasteiger partial charge in [0.25, 0.3) is 0 Å².